The van der Waals surface area contributed by atoms with Crippen LogP contribution in [-0.2, 0) is 14.4 Å². The highest BCUT2D eigenvalue weighted by atomic mass is 16.4. The van der Waals surface area contributed by atoms with Crippen LogP contribution in [0.15, 0.2) is 54.6 Å². The topological polar surface area (TPSA) is 119 Å². The van der Waals surface area contributed by atoms with Crippen LogP contribution in [0.2, 0.25) is 0 Å². The van der Waals surface area contributed by atoms with Gasteiger partial charge in [-0.15, -0.1) is 0 Å². The SMILES string of the molecule is Cc1cccc(NC(=O)NCC(=O)N(c2ccccc2)C(C(=O)O)C(=O)N2CCCC(C)(C)C2)c1. The lowest BCUT2D eigenvalue weighted by atomic mass is 9.84. The monoisotopic (exact) mass is 480 g/mol. The van der Waals surface area contributed by atoms with E-state index < -0.39 is 36.4 Å². The third kappa shape index (κ3) is 6.81. The second kappa shape index (κ2) is 11.0. The number of hydrogen-bond acceptors (Lipinski definition) is 4. The third-order valence-corrected chi connectivity index (χ3v) is 5.92. The Labute approximate surface area is 205 Å². The first-order chi connectivity index (χ1) is 16.6. The van der Waals surface area contributed by atoms with Crippen molar-refractivity contribution in [1.29, 1.82) is 0 Å². The number of amides is 4. The third-order valence-electron chi connectivity index (χ3n) is 5.92. The Kier molecular flexibility index (Phi) is 8.11. The number of nitrogens with zero attached hydrogens (tertiary/aromatic N) is 2. The maximum atomic E-state index is 13.4. The summed E-state index contributed by atoms with van der Waals surface area (Å²) in [6.07, 6.45) is 1.68. The number of likely N-dealkylation sites (tertiary alicyclic amines) is 1. The molecule has 3 N–H and O–H groups in total. The Balaban J connectivity index is 1.80. The molecule has 1 aliphatic rings. The molecule has 1 aliphatic heterocycles. The number of aryl methyl sites for hydroxylation is 1. The van der Waals surface area contributed by atoms with Crippen molar-refractivity contribution in [2.45, 2.75) is 39.7 Å². The molecule has 1 unspecified atom stereocenters. The molecule has 2 aromatic carbocycles. The van der Waals surface area contributed by atoms with Crippen LogP contribution in [0.5, 0.6) is 0 Å². The molecule has 9 nitrogen and oxygen atoms in total. The van der Waals surface area contributed by atoms with Gasteiger partial charge in [0.2, 0.25) is 11.9 Å². The number of carboxylic acids is 1. The standard InChI is InChI=1S/C26H32N4O5/c1-18-9-7-10-19(15-18)28-25(35)27-16-21(31)30(20-11-5-4-6-12-20)22(24(33)34)23(32)29-14-8-13-26(2,3)17-29/h4-7,9-12,15,22H,8,13-14,16-17H2,1-3H3,(H,33,34)(H2,27,28,35). The van der Waals surface area contributed by atoms with Crippen LogP contribution >= 0.6 is 0 Å². The van der Waals surface area contributed by atoms with E-state index in [-0.39, 0.29) is 11.1 Å². The molecule has 0 bridgehead atoms. The van der Waals surface area contributed by atoms with Gasteiger partial charge in [0.15, 0.2) is 0 Å². The minimum absolute atomic E-state index is 0.145. The van der Waals surface area contributed by atoms with Gasteiger partial charge in [-0.2, -0.15) is 0 Å². The number of nitrogens with one attached hydrogen (secondary N) is 2. The zero-order valence-electron chi connectivity index (χ0n) is 20.3. The van der Waals surface area contributed by atoms with E-state index in [2.05, 4.69) is 10.6 Å². The fourth-order valence-corrected chi connectivity index (χ4v) is 4.28. The average Bonchev–Trinajstić information content (AvgIpc) is 2.80. The van der Waals surface area contributed by atoms with Crippen molar-refractivity contribution in [3.8, 4) is 0 Å². The minimum Gasteiger partial charge on any atom is -0.479 e. The van der Waals surface area contributed by atoms with Crippen LogP contribution in [0.1, 0.15) is 32.3 Å². The molecule has 0 radical (unpaired) electrons. The lowest BCUT2D eigenvalue weighted by molar-refractivity contribution is -0.149. The average molecular weight is 481 g/mol. The summed E-state index contributed by atoms with van der Waals surface area (Å²) in [5.41, 5.74) is 1.63. The molecule has 3 rings (SSSR count). The molecule has 0 aromatic heterocycles. The van der Waals surface area contributed by atoms with Gasteiger partial charge in [-0.25, -0.2) is 9.59 Å². The molecule has 2 aromatic rings. The van der Waals surface area contributed by atoms with E-state index in [4.69, 9.17) is 0 Å². The second-order valence-corrected chi connectivity index (χ2v) is 9.54. The maximum Gasteiger partial charge on any atom is 0.336 e. The van der Waals surface area contributed by atoms with Crippen LogP contribution in [0.4, 0.5) is 16.2 Å². The lowest BCUT2D eigenvalue weighted by Gasteiger charge is -2.40. The molecule has 4 amide bonds. The molecule has 0 aliphatic carbocycles. The lowest BCUT2D eigenvalue weighted by Crippen LogP contribution is -2.59. The number of benzene rings is 2. The molecule has 9 heteroatoms. The fourth-order valence-electron chi connectivity index (χ4n) is 4.28. The molecule has 35 heavy (non-hydrogen) atoms. The molecule has 1 atom stereocenters. The van der Waals surface area contributed by atoms with E-state index in [0.29, 0.717) is 18.8 Å². The van der Waals surface area contributed by atoms with Gasteiger partial charge in [-0.1, -0.05) is 44.2 Å². The minimum atomic E-state index is -1.75. The predicted octanol–water partition coefficient (Wildman–Crippen LogP) is 3.25. The van der Waals surface area contributed by atoms with Gasteiger partial charge in [0, 0.05) is 24.5 Å². The number of aliphatic carboxylic acids is 1. The van der Waals surface area contributed by atoms with Gasteiger partial charge in [0.1, 0.15) is 0 Å². The normalized spacial score (nSPS) is 15.6. The first-order valence-corrected chi connectivity index (χ1v) is 11.6. The first kappa shape index (κ1) is 25.7. The molecule has 1 saturated heterocycles. The van der Waals surface area contributed by atoms with Gasteiger partial charge in [0.25, 0.3) is 5.91 Å². The number of urea groups is 1. The highest BCUT2D eigenvalue weighted by Gasteiger charge is 2.41. The summed E-state index contributed by atoms with van der Waals surface area (Å²) in [5.74, 6) is -2.79. The van der Waals surface area contributed by atoms with Crippen molar-refractivity contribution < 1.29 is 24.3 Å². The number of carbonyl (C=O) groups excluding carboxylic acids is 3. The van der Waals surface area contributed by atoms with Crippen LogP contribution in [0.25, 0.3) is 0 Å². The van der Waals surface area contributed by atoms with Crippen molar-refractivity contribution in [2.75, 3.05) is 29.9 Å². The van der Waals surface area contributed by atoms with Gasteiger partial charge in [-0.3, -0.25) is 14.5 Å². The number of rotatable bonds is 7. The summed E-state index contributed by atoms with van der Waals surface area (Å²) in [5, 5.41) is 15.1. The van der Waals surface area contributed by atoms with Crippen LogP contribution < -0.4 is 15.5 Å². The van der Waals surface area contributed by atoms with E-state index in [1.54, 1.807) is 48.5 Å². The van der Waals surface area contributed by atoms with Crippen molar-refractivity contribution >= 4 is 35.2 Å². The smallest absolute Gasteiger partial charge is 0.336 e. The highest BCUT2D eigenvalue weighted by molar-refractivity contribution is 6.12. The summed E-state index contributed by atoms with van der Waals surface area (Å²) in [6, 6.07) is 13.0. The predicted molar refractivity (Wildman–Crippen MR) is 133 cm³/mol. The number of anilines is 2. The summed E-state index contributed by atoms with van der Waals surface area (Å²) in [7, 11) is 0. The number of piperidine rings is 1. The Morgan fingerprint density at radius 1 is 1.09 bits per heavy atom. The van der Waals surface area contributed by atoms with Crippen molar-refractivity contribution in [1.82, 2.24) is 10.2 Å². The van der Waals surface area contributed by atoms with Crippen LogP contribution in [-0.4, -0.2) is 59.5 Å². The number of carbonyl (C=O) groups is 4. The van der Waals surface area contributed by atoms with Crippen LogP contribution in [0.3, 0.4) is 0 Å². The van der Waals surface area contributed by atoms with E-state index in [9.17, 15) is 24.3 Å². The number of hydrogen-bond donors (Lipinski definition) is 3. The highest BCUT2D eigenvalue weighted by Crippen LogP contribution is 2.29. The molecule has 0 saturated carbocycles. The van der Waals surface area contributed by atoms with E-state index in [1.807, 2.05) is 26.8 Å². The van der Waals surface area contributed by atoms with Crippen molar-refractivity contribution in [2.24, 2.45) is 5.41 Å². The molecule has 0 spiro atoms. The van der Waals surface area contributed by atoms with E-state index in [0.717, 1.165) is 23.3 Å². The Hall–Kier alpha value is -3.88. The molecule has 186 valence electrons. The molecular formula is C26H32N4O5. The summed E-state index contributed by atoms with van der Waals surface area (Å²) in [6.45, 7) is 6.29. The largest absolute Gasteiger partial charge is 0.479 e. The van der Waals surface area contributed by atoms with Gasteiger partial charge < -0.3 is 20.6 Å². The van der Waals surface area contributed by atoms with Gasteiger partial charge in [0.05, 0.1) is 6.54 Å². The summed E-state index contributed by atoms with van der Waals surface area (Å²) in [4.78, 5) is 53.8. The quantitative estimate of drug-likeness (QED) is 0.526. The number of carboxylic acid groups (broad SMARTS) is 1. The summed E-state index contributed by atoms with van der Waals surface area (Å²) < 4.78 is 0. The van der Waals surface area contributed by atoms with Gasteiger partial charge in [-0.05, 0) is 55.0 Å². The molecule has 1 heterocycles. The Morgan fingerprint density at radius 2 is 1.80 bits per heavy atom. The molecular weight excluding hydrogens is 448 g/mol. The van der Waals surface area contributed by atoms with Crippen molar-refractivity contribution in [3.05, 3.63) is 60.2 Å². The van der Waals surface area contributed by atoms with E-state index in [1.165, 1.54) is 4.90 Å². The van der Waals surface area contributed by atoms with Crippen molar-refractivity contribution in [3.63, 3.8) is 0 Å². The fraction of sp³-hybridized carbons (Fsp3) is 0.385. The summed E-state index contributed by atoms with van der Waals surface area (Å²) >= 11 is 0. The van der Waals surface area contributed by atoms with Gasteiger partial charge >= 0.3 is 12.0 Å². The second-order valence-electron chi connectivity index (χ2n) is 9.54. The molecule has 1 fully saturated rings. The maximum absolute atomic E-state index is 13.4. The first-order valence-electron chi connectivity index (χ1n) is 11.6. The zero-order valence-corrected chi connectivity index (χ0v) is 20.3. The van der Waals surface area contributed by atoms with Crippen LogP contribution in [0, 0.1) is 12.3 Å². The number of para-hydroxylation sites is 1. The van der Waals surface area contributed by atoms with E-state index >= 15 is 0 Å². The Bertz CT molecular complexity index is 1090. The Morgan fingerprint density at radius 3 is 2.43 bits per heavy atom. The zero-order chi connectivity index (χ0) is 25.6.